The zero-order valence-electron chi connectivity index (χ0n) is 13.8. The fourth-order valence-electron chi connectivity index (χ4n) is 2.49. The molecule has 4 nitrogen and oxygen atoms in total. The van der Waals surface area contributed by atoms with E-state index in [1.807, 2.05) is 49.5 Å². The number of likely N-dealkylation sites (N-methyl/N-ethyl adjacent to an activating group) is 1. The van der Waals surface area contributed by atoms with Crippen molar-refractivity contribution in [3.8, 4) is 0 Å². The number of rotatable bonds is 8. The monoisotopic (exact) mass is 312 g/mol. The van der Waals surface area contributed by atoms with Crippen molar-refractivity contribution in [2.75, 3.05) is 20.7 Å². The van der Waals surface area contributed by atoms with Crippen LogP contribution in [-0.4, -0.2) is 26.6 Å². The molecule has 4 heteroatoms. The van der Waals surface area contributed by atoms with E-state index in [1.54, 1.807) is 7.11 Å². The summed E-state index contributed by atoms with van der Waals surface area (Å²) in [6, 6.07) is 15.8. The van der Waals surface area contributed by atoms with Gasteiger partial charge in [0.2, 0.25) is 0 Å². The highest BCUT2D eigenvalue weighted by Crippen LogP contribution is 2.11. The number of carbonyl (C=O) groups excluding carboxylic acids is 1. The fraction of sp³-hybridized carbons (Fsp3) is 0.316. The van der Waals surface area contributed by atoms with Crippen molar-refractivity contribution in [1.29, 1.82) is 0 Å². The minimum absolute atomic E-state index is 0.0335. The molecule has 2 aromatic rings. The average Bonchev–Trinajstić information content (AvgIpc) is 2.59. The van der Waals surface area contributed by atoms with Gasteiger partial charge in [0.1, 0.15) is 0 Å². The Bertz CT molecular complexity index is 641. The van der Waals surface area contributed by atoms with E-state index in [0.717, 1.165) is 35.2 Å². The third kappa shape index (κ3) is 5.20. The van der Waals surface area contributed by atoms with E-state index < -0.39 is 0 Å². The highest BCUT2D eigenvalue weighted by atomic mass is 16.5. The molecule has 0 aliphatic heterocycles. The van der Waals surface area contributed by atoms with Crippen LogP contribution in [-0.2, 0) is 24.3 Å². The van der Waals surface area contributed by atoms with Crippen LogP contribution in [0.3, 0.4) is 0 Å². The van der Waals surface area contributed by atoms with Crippen LogP contribution in [0.2, 0.25) is 0 Å². The lowest BCUT2D eigenvalue weighted by molar-refractivity contribution is 0.0950. The van der Waals surface area contributed by atoms with Gasteiger partial charge in [0, 0.05) is 19.2 Å². The number of amides is 1. The lowest BCUT2D eigenvalue weighted by atomic mass is 10.0. The maximum atomic E-state index is 12.5. The zero-order chi connectivity index (χ0) is 16.5. The Hall–Kier alpha value is -2.17. The zero-order valence-corrected chi connectivity index (χ0v) is 13.8. The Kier molecular flexibility index (Phi) is 6.78. The number of methoxy groups -OCH3 is 1. The molecule has 0 spiro atoms. The second-order valence-corrected chi connectivity index (χ2v) is 5.45. The average molecular weight is 312 g/mol. The number of benzene rings is 2. The third-order valence-electron chi connectivity index (χ3n) is 3.66. The standard InChI is InChI=1S/C19H24N2O2/c1-20-11-10-17-8-3-4-9-18(17)19(22)21-13-15-6-5-7-16(12-15)14-23-2/h3-9,12,20H,10-11,13-14H2,1-2H3,(H,21,22). The number of ether oxygens (including phenoxy) is 1. The molecule has 0 fully saturated rings. The molecule has 2 rings (SSSR count). The van der Waals surface area contributed by atoms with Crippen molar-refractivity contribution in [1.82, 2.24) is 10.6 Å². The highest BCUT2D eigenvalue weighted by Gasteiger charge is 2.10. The van der Waals surface area contributed by atoms with Crippen molar-refractivity contribution >= 4 is 5.91 Å². The maximum Gasteiger partial charge on any atom is 0.251 e. The topological polar surface area (TPSA) is 50.4 Å². The lowest BCUT2D eigenvalue weighted by Gasteiger charge is -2.11. The molecule has 0 radical (unpaired) electrons. The summed E-state index contributed by atoms with van der Waals surface area (Å²) in [4.78, 5) is 12.5. The minimum atomic E-state index is -0.0335. The molecule has 0 bridgehead atoms. The van der Waals surface area contributed by atoms with E-state index >= 15 is 0 Å². The summed E-state index contributed by atoms with van der Waals surface area (Å²) < 4.78 is 5.14. The molecule has 23 heavy (non-hydrogen) atoms. The third-order valence-corrected chi connectivity index (χ3v) is 3.66. The summed E-state index contributed by atoms with van der Waals surface area (Å²) in [5.74, 6) is -0.0335. The molecule has 0 aliphatic carbocycles. The van der Waals surface area contributed by atoms with Crippen molar-refractivity contribution in [3.05, 3.63) is 70.8 Å². The summed E-state index contributed by atoms with van der Waals surface area (Å²) in [6.45, 7) is 1.94. The normalized spacial score (nSPS) is 10.5. The van der Waals surface area contributed by atoms with Gasteiger partial charge in [0.25, 0.3) is 5.91 Å². The molecule has 122 valence electrons. The molecule has 0 aliphatic rings. The Labute approximate surface area is 137 Å². The highest BCUT2D eigenvalue weighted by molar-refractivity contribution is 5.95. The summed E-state index contributed by atoms with van der Waals surface area (Å²) in [7, 11) is 3.59. The van der Waals surface area contributed by atoms with Gasteiger partial charge in [0.05, 0.1) is 6.61 Å². The van der Waals surface area contributed by atoms with E-state index in [4.69, 9.17) is 4.74 Å². The van der Waals surface area contributed by atoms with Crippen LogP contribution in [0.5, 0.6) is 0 Å². The Morgan fingerprint density at radius 1 is 1.09 bits per heavy atom. The van der Waals surface area contributed by atoms with Gasteiger partial charge in [-0.15, -0.1) is 0 Å². The van der Waals surface area contributed by atoms with E-state index in [0.29, 0.717) is 13.2 Å². The summed E-state index contributed by atoms with van der Waals surface area (Å²) in [5, 5.41) is 6.12. The van der Waals surface area contributed by atoms with Gasteiger partial charge < -0.3 is 15.4 Å². The molecule has 0 saturated carbocycles. The number of nitrogens with one attached hydrogen (secondary N) is 2. The van der Waals surface area contributed by atoms with Crippen molar-refractivity contribution in [2.24, 2.45) is 0 Å². The van der Waals surface area contributed by atoms with Crippen LogP contribution in [0.1, 0.15) is 27.0 Å². The predicted molar refractivity (Wildman–Crippen MR) is 92.4 cm³/mol. The molecule has 2 N–H and O–H groups in total. The molecule has 0 saturated heterocycles. The van der Waals surface area contributed by atoms with Crippen molar-refractivity contribution in [3.63, 3.8) is 0 Å². The number of carbonyl (C=O) groups is 1. The van der Waals surface area contributed by atoms with Gasteiger partial charge in [-0.1, -0.05) is 42.5 Å². The van der Waals surface area contributed by atoms with Gasteiger partial charge in [-0.25, -0.2) is 0 Å². The lowest BCUT2D eigenvalue weighted by Crippen LogP contribution is -2.24. The second kappa shape index (κ2) is 9.08. The SMILES string of the molecule is CNCCc1ccccc1C(=O)NCc1cccc(COC)c1. The maximum absolute atomic E-state index is 12.5. The van der Waals surface area contributed by atoms with E-state index in [1.165, 1.54) is 0 Å². The fourth-order valence-corrected chi connectivity index (χ4v) is 2.49. The smallest absolute Gasteiger partial charge is 0.251 e. The summed E-state index contributed by atoms with van der Waals surface area (Å²) in [6.07, 6.45) is 0.837. The minimum Gasteiger partial charge on any atom is -0.380 e. The van der Waals surface area contributed by atoms with Gasteiger partial charge in [-0.2, -0.15) is 0 Å². The number of hydrogen-bond acceptors (Lipinski definition) is 3. The Balaban J connectivity index is 2.01. The van der Waals surface area contributed by atoms with Gasteiger partial charge in [0.15, 0.2) is 0 Å². The molecule has 0 aromatic heterocycles. The molecular formula is C19H24N2O2. The second-order valence-electron chi connectivity index (χ2n) is 5.45. The Morgan fingerprint density at radius 3 is 2.65 bits per heavy atom. The molecule has 0 atom stereocenters. The first kappa shape index (κ1) is 17.2. The van der Waals surface area contributed by atoms with E-state index in [2.05, 4.69) is 16.7 Å². The molecule has 2 aromatic carbocycles. The molecule has 0 unspecified atom stereocenters. The van der Waals surface area contributed by atoms with Gasteiger partial charge in [-0.05, 0) is 42.8 Å². The molecule has 0 heterocycles. The van der Waals surface area contributed by atoms with Crippen LogP contribution >= 0.6 is 0 Å². The Morgan fingerprint density at radius 2 is 1.87 bits per heavy atom. The van der Waals surface area contributed by atoms with Gasteiger partial charge >= 0.3 is 0 Å². The van der Waals surface area contributed by atoms with Crippen LogP contribution in [0.25, 0.3) is 0 Å². The first-order valence-corrected chi connectivity index (χ1v) is 7.82. The van der Waals surface area contributed by atoms with E-state index in [-0.39, 0.29) is 5.91 Å². The predicted octanol–water partition coefficient (Wildman–Crippen LogP) is 2.52. The first-order valence-electron chi connectivity index (χ1n) is 7.82. The summed E-state index contributed by atoms with van der Waals surface area (Å²) >= 11 is 0. The largest absolute Gasteiger partial charge is 0.380 e. The van der Waals surface area contributed by atoms with Crippen LogP contribution < -0.4 is 10.6 Å². The summed E-state index contributed by atoms with van der Waals surface area (Å²) in [5.41, 5.74) is 3.98. The van der Waals surface area contributed by atoms with Crippen LogP contribution in [0, 0.1) is 0 Å². The van der Waals surface area contributed by atoms with Crippen molar-refractivity contribution < 1.29 is 9.53 Å². The van der Waals surface area contributed by atoms with Gasteiger partial charge in [-0.3, -0.25) is 4.79 Å². The molecule has 1 amide bonds. The molecular weight excluding hydrogens is 288 g/mol. The number of hydrogen-bond donors (Lipinski definition) is 2. The first-order chi connectivity index (χ1) is 11.2. The van der Waals surface area contributed by atoms with Crippen molar-refractivity contribution in [2.45, 2.75) is 19.6 Å². The van der Waals surface area contributed by atoms with Crippen LogP contribution in [0.15, 0.2) is 48.5 Å². The quantitative estimate of drug-likeness (QED) is 0.787. The van der Waals surface area contributed by atoms with E-state index in [9.17, 15) is 4.79 Å². The van der Waals surface area contributed by atoms with Crippen LogP contribution in [0.4, 0.5) is 0 Å².